The highest BCUT2D eigenvalue weighted by Gasteiger charge is 2.20. The Morgan fingerprint density at radius 1 is 1.30 bits per heavy atom. The number of thiophene rings is 1. The van der Waals surface area contributed by atoms with Crippen LogP contribution in [0.25, 0.3) is 10.2 Å². The predicted molar refractivity (Wildman–Crippen MR) is 104 cm³/mol. The molecule has 0 atom stereocenters. The summed E-state index contributed by atoms with van der Waals surface area (Å²) in [6.07, 6.45) is 4.06. The van der Waals surface area contributed by atoms with E-state index in [2.05, 4.69) is 10.3 Å². The van der Waals surface area contributed by atoms with Crippen molar-refractivity contribution >= 4 is 27.5 Å². The third kappa shape index (κ3) is 3.51. The highest BCUT2D eigenvalue weighted by atomic mass is 32.1. The quantitative estimate of drug-likeness (QED) is 0.646. The second kappa shape index (κ2) is 7.23. The first-order chi connectivity index (χ1) is 13.0. The normalized spacial score (nSPS) is 13.7. The number of benzene rings is 1. The van der Waals surface area contributed by atoms with E-state index < -0.39 is 0 Å². The Bertz CT molecular complexity index is 1070. The molecule has 27 heavy (non-hydrogen) atoms. The summed E-state index contributed by atoms with van der Waals surface area (Å²) in [5.74, 6) is -0.368. The predicted octanol–water partition coefficient (Wildman–Crippen LogP) is 3.35. The number of hydrogen-bond acceptors (Lipinski definition) is 6. The van der Waals surface area contributed by atoms with Gasteiger partial charge in [0.1, 0.15) is 0 Å². The second-order valence-electron chi connectivity index (χ2n) is 7.10. The molecular formula is C20H21N3O3S. The molecule has 3 aromatic rings. The third-order valence-corrected chi connectivity index (χ3v) is 5.86. The summed E-state index contributed by atoms with van der Waals surface area (Å²) in [6, 6.07) is 7.11. The smallest absolute Gasteiger partial charge is 0.338 e. The van der Waals surface area contributed by atoms with Crippen LogP contribution < -0.4 is 5.56 Å². The minimum Gasteiger partial charge on any atom is -0.459 e. The van der Waals surface area contributed by atoms with Crippen LogP contribution in [-0.2, 0) is 24.1 Å². The van der Waals surface area contributed by atoms with Gasteiger partial charge in [0.2, 0.25) is 0 Å². The number of nitrogens with zero attached hydrogens (tertiary/aromatic N) is 3. The van der Waals surface area contributed by atoms with E-state index in [9.17, 15) is 9.59 Å². The average Bonchev–Trinajstić information content (AvgIpc) is 3.03. The number of hydrogen-bond donors (Lipinski definition) is 0. The molecule has 0 N–H and O–H groups in total. The van der Waals surface area contributed by atoms with Gasteiger partial charge < -0.3 is 4.74 Å². The molecule has 0 aliphatic heterocycles. The van der Waals surface area contributed by atoms with Gasteiger partial charge in [0, 0.05) is 4.88 Å². The molecule has 140 valence electrons. The van der Waals surface area contributed by atoms with Crippen LogP contribution in [0.4, 0.5) is 0 Å². The molecule has 1 aliphatic carbocycles. The minimum atomic E-state index is -0.368. The summed E-state index contributed by atoms with van der Waals surface area (Å²) in [7, 11) is 0. The molecule has 0 saturated heterocycles. The van der Waals surface area contributed by atoms with Crippen LogP contribution in [0.2, 0.25) is 0 Å². The van der Waals surface area contributed by atoms with Crippen LogP contribution in [0.5, 0.6) is 0 Å². The zero-order valence-electron chi connectivity index (χ0n) is 15.4. The van der Waals surface area contributed by atoms with Crippen LogP contribution in [0, 0.1) is 0 Å². The Balaban J connectivity index is 1.67. The van der Waals surface area contributed by atoms with Gasteiger partial charge >= 0.3 is 5.97 Å². The highest BCUT2D eigenvalue weighted by molar-refractivity contribution is 7.18. The van der Waals surface area contributed by atoms with Crippen LogP contribution in [0.3, 0.4) is 0 Å². The molecule has 6 nitrogen and oxygen atoms in total. The molecule has 2 heterocycles. The molecular weight excluding hydrogens is 362 g/mol. The van der Waals surface area contributed by atoms with E-state index in [4.69, 9.17) is 4.74 Å². The van der Waals surface area contributed by atoms with Crippen molar-refractivity contribution in [1.82, 2.24) is 15.0 Å². The lowest BCUT2D eigenvalue weighted by Gasteiger charge is -2.10. The minimum absolute atomic E-state index is 0.102. The molecule has 1 aromatic carbocycles. The lowest BCUT2D eigenvalue weighted by Crippen LogP contribution is -2.25. The van der Waals surface area contributed by atoms with E-state index >= 15 is 0 Å². The molecule has 1 aliphatic rings. The van der Waals surface area contributed by atoms with Crippen LogP contribution in [-0.4, -0.2) is 27.1 Å². The Hall–Kier alpha value is -2.54. The fourth-order valence-electron chi connectivity index (χ4n) is 3.46. The van der Waals surface area contributed by atoms with E-state index in [0.29, 0.717) is 5.56 Å². The van der Waals surface area contributed by atoms with Crippen molar-refractivity contribution in [2.75, 3.05) is 0 Å². The van der Waals surface area contributed by atoms with Crippen molar-refractivity contribution < 1.29 is 9.53 Å². The monoisotopic (exact) mass is 383 g/mol. The first kappa shape index (κ1) is 17.9. The largest absolute Gasteiger partial charge is 0.459 e. The maximum Gasteiger partial charge on any atom is 0.338 e. The summed E-state index contributed by atoms with van der Waals surface area (Å²) >= 11 is 1.59. The molecule has 0 bridgehead atoms. The van der Waals surface area contributed by atoms with Crippen molar-refractivity contribution in [2.24, 2.45) is 0 Å². The zero-order valence-corrected chi connectivity index (χ0v) is 16.2. The van der Waals surface area contributed by atoms with Crippen LogP contribution >= 0.6 is 11.3 Å². The Labute approximate surface area is 160 Å². The van der Waals surface area contributed by atoms with Gasteiger partial charge in [0.15, 0.2) is 4.83 Å². The Morgan fingerprint density at radius 3 is 2.93 bits per heavy atom. The van der Waals surface area contributed by atoms with Crippen molar-refractivity contribution in [3.05, 3.63) is 56.2 Å². The fourth-order valence-corrected chi connectivity index (χ4v) is 4.66. The lowest BCUT2D eigenvalue weighted by atomic mass is 9.97. The molecule has 0 radical (unpaired) electrons. The topological polar surface area (TPSA) is 74.1 Å². The molecule has 0 saturated carbocycles. The van der Waals surface area contributed by atoms with Gasteiger partial charge in [-0.25, -0.2) is 9.48 Å². The van der Waals surface area contributed by atoms with Crippen molar-refractivity contribution in [1.29, 1.82) is 0 Å². The SMILES string of the molecule is CC(C)OC(=O)c1cccc(Cn2nnc3sc4c(c3c2=O)CCCC4)c1. The van der Waals surface area contributed by atoms with E-state index in [0.717, 1.165) is 40.6 Å². The summed E-state index contributed by atoms with van der Waals surface area (Å²) < 4.78 is 6.63. The molecule has 0 spiro atoms. The first-order valence-electron chi connectivity index (χ1n) is 9.21. The Kier molecular flexibility index (Phi) is 4.78. The van der Waals surface area contributed by atoms with Gasteiger partial charge in [-0.15, -0.1) is 16.4 Å². The number of esters is 1. The van der Waals surface area contributed by atoms with Gasteiger partial charge in [-0.05, 0) is 62.8 Å². The maximum atomic E-state index is 13.0. The Morgan fingerprint density at radius 2 is 2.11 bits per heavy atom. The number of carbonyl (C=O) groups is 1. The van der Waals surface area contributed by atoms with Crippen molar-refractivity contribution in [2.45, 2.75) is 52.2 Å². The van der Waals surface area contributed by atoms with E-state index in [1.165, 1.54) is 16.0 Å². The number of ether oxygens (including phenoxy) is 1. The molecule has 0 fully saturated rings. The molecule has 0 amide bonds. The van der Waals surface area contributed by atoms with Crippen LogP contribution in [0.1, 0.15) is 53.1 Å². The number of carbonyl (C=O) groups excluding carboxylic acids is 1. The second-order valence-corrected chi connectivity index (χ2v) is 8.18. The first-order valence-corrected chi connectivity index (χ1v) is 10.0. The molecule has 4 rings (SSSR count). The summed E-state index contributed by atoms with van der Waals surface area (Å²) in [5, 5.41) is 9.12. The van der Waals surface area contributed by atoms with Crippen LogP contribution in [0.15, 0.2) is 29.1 Å². The number of fused-ring (bicyclic) bond motifs is 3. The standard InChI is InChI=1S/C20H21N3O3S/c1-12(2)26-20(25)14-7-5-6-13(10-14)11-23-19(24)17-15-8-3-4-9-16(15)27-18(17)21-22-23/h5-7,10,12H,3-4,8-9,11H2,1-2H3. The highest BCUT2D eigenvalue weighted by Crippen LogP contribution is 2.33. The van der Waals surface area contributed by atoms with Gasteiger partial charge in [-0.1, -0.05) is 17.3 Å². The zero-order chi connectivity index (χ0) is 19.0. The maximum absolute atomic E-state index is 13.0. The summed E-state index contributed by atoms with van der Waals surface area (Å²) in [6.45, 7) is 3.90. The summed E-state index contributed by atoms with van der Waals surface area (Å²) in [4.78, 5) is 27.1. The van der Waals surface area contributed by atoms with Crippen molar-refractivity contribution in [3.8, 4) is 0 Å². The van der Waals surface area contributed by atoms with Gasteiger partial charge in [0.05, 0.1) is 23.6 Å². The van der Waals surface area contributed by atoms with E-state index in [-0.39, 0.29) is 24.2 Å². The van der Waals surface area contributed by atoms with Gasteiger partial charge in [0.25, 0.3) is 5.56 Å². The van der Waals surface area contributed by atoms with Gasteiger partial charge in [-0.3, -0.25) is 4.79 Å². The van der Waals surface area contributed by atoms with E-state index in [1.807, 2.05) is 19.9 Å². The molecule has 7 heteroatoms. The number of aryl methyl sites for hydroxylation is 2. The van der Waals surface area contributed by atoms with Crippen molar-refractivity contribution in [3.63, 3.8) is 0 Å². The third-order valence-electron chi connectivity index (χ3n) is 4.68. The fraction of sp³-hybridized carbons (Fsp3) is 0.400. The lowest BCUT2D eigenvalue weighted by molar-refractivity contribution is 0.0378. The van der Waals surface area contributed by atoms with E-state index in [1.54, 1.807) is 29.5 Å². The number of aromatic nitrogens is 3. The summed E-state index contributed by atoms with van der Waals surface area (Å²) in [5.41, 5.74) is 2.34. The average molecular weight is 383 g/mol. The van der Waals surface area contributed by atoms with Gasteiger partial charge in [-0.2, -0.15) is 0 Å². The number of rotatable bonds is 4. The molecule has 2 aromatic heterocycles. The molecule has 0 unspecified atom stereocenters.